The fourth-order valence-electron chi connectivity index (χ4n) is 0.996. The van der Waals surface area contributed by atoms with Crippen molar-refractivity contribution >= 4 is 0 Å². The van der Waals surface area contributed by atoms with E-state index in [0.29, 0.717) is 25.5 Å². The molecule has 0 saturated carbocycles. The van der Waals surface area contributed by atoms with Crippen LogP contribution in [-0.4, -0.2) is 51.7 Å². The average molecular weight is 201 g/mol. The minimum atomic E-state index is -0.503. The Hall–Kier alpha value is -1.05. The molecule has 80 valence electrons. The molecule has 0 aliphatic rings. The molecule has 0 bridgehead atoms. The number of nitrogens with one attached hydrogen (secondary N) is 1. The lowest BCUT2D eigenvalue weighted by Gasteiger charge is -2.08. The molecule has 0 aliphatic carbocycles. The average Bonchev–Trinajstić information content (AvgIpc) is 2.52. The summed E-state index contributed by atoms with van der Waals surface area (Å²) in [5.74, 6) is 0.608. The third kappa shape index (κ3) is 3.77. The number of ether oxygens (including phenoxy) is 1. The summed E-state index contributed by atoms with van der Waals surface area (Å²) in [5.41, 5.74) is 0. The van der Waals surface area contributed by atoms with E-state index in [-0.39, 0.29) is 0 Å². The predicted octanol–water partition coefficient (Wildman–Crippen LogP) is -1.69. The molecule has 0 radical (unpaired) electrons. The highest BCUT2D eigenvalue weighted by molar-refractivity contribution is 4.75. The van der Waals surface area contributed by atoms with Crippen LogP contribution in [0, 0.1) is 0 Å². The minimum Gasteiger partial charge on any atom is -0.389 e. The van der Waals surface area contributed by atoms with Crippen molar-refractivity contribution in [2.45, 2.75) is 12.6 Å². The Bertz CT molecular complexity index is 264. The lowest BCUT2D eigenvalue weighted by molar-refractivity contribution is 0.0643. The van der Waals surface area contributed by atoms with Crippen molar-refractivity contribution in [1.29, 1.82) is 0 Å². The van der Waals surface area contributed by atoms with Gasteiger partial charge >= 0.3 is 0 Å². The number of aromatic nitrogens is 4. The van der Waals surface area contributed by atoms with E-state index >= 15 is 0 Å². The third-order valence-electron chi connectivity index (χ3n) is 1.57. The van der Waals surface area contributed by atoms with Gasteiger partial charge < -0.3 is 15.2 Å². The van der Waals surface area contributed by atoms with E-state index in [9.17, 15) is 5.11 Å². The van der Waals surface area contributed by atoms with Gasteiger partial charge in [0.1, 0.15) is 0 Å². The van der Waals surface area contributed by atoms with Crippen molar-refractivity contribution in [1.82, 2.24) is 25.5 Å². The van der Waals surface area contributed by atoms with Crippen molar-refractivity contribution in [3.8, 4) is 0 Å². The highest BCUT2D eigenvalue weighted by Crippen LogP contribution is 1.85. The van der Waals surface area contributed by atoms with Crippen LogP contribution in [-0.2, 0) is 18.3 Å². The second-order valence-corrected chi connectivity index (χ2v) is 2.94. The standard InChI is InChI=1S/C7H15N5O2/c1-12-10-7(9-11-12)4-8-3-6(13)5-14-2/h6,8,13H,3-5H2,1-2H3. The van der Waals surface area contributed by atoms with E-state index in [1.807, 2.05) is 0 Å². The lowest BCUT2D eigenvalue weighted by Crippen LogP contribution is -2.30. The third-order valence-corrected chi connectivity index (χ3v) is 1.57. The van der Waals surface area contributed by atoms with Crippen LogP contribution in [0.15, 0.2) is 0 Å². The summed E-state index contributed by atoms with van der Waals surface area (Å²) in [6, 6.07) is 0. The molecule has 7 heteroatoms. The summed E-state index contributed by atoms with van der Waals surface area (Å²) in [7, 11) is 3.25. The normalized spacial score (nSPS) is 13.1. The fraction of sp³-hybridized carbons (Fsp3) is 0.857. The van der Waals surface area contributed by atoms with Gasteiger partial charge in [0.2, 0.25) is 0 Å². The first-order valence-electron chi connectivity index (χ1n) is 4.33. The zero-order chi connectivity index (χ0) is 10.4. The first-order valence-corrected chi connectivity index (χ1v) is 4.33. The van der Waals surface area contributed by atoms with E-state index in [4.69, 9.17) is 4.74 Å². The molecule has 0 aromatic carbocycles. The topological polar surface area (TPSA) is 85.1 Å². The van der Waals surface area contributed by atoms with E-state index in [1.54, 1.807) is 14.2 Å². The van der Waals surface area contributed by atoms with Gasteiger partial charge in [0.05, 0.1) is 26.3 Å². The van der Waals surface area contributed by atoms with Gasteiger partial charge in [0.25, 0.3) is 0 Å². The highest BCUT2D eigenvalue weighted by Gasteiger charge is 2.04. The molecule has 0 spiro atoms. The maximum absolute atomic E-state index is 9.28. The molecular formula is C7H15N5O2. The van der Waals surface area contributed by atoms with Gasteiger partial charge in [-0.3, -0.25) is 0 Å². The van der Waals surface area contributed by atoms with Crippen molar-refractivity contribution in [2.24, 2.45) is 7.05 Å². The molecule has 1 atom stereocenters. The summed E-state index contributed by atoms with van der Waals surface area (Å²) in [5, 5.41) is 23.7. The number of nitrogens with zero attached hydrogens (tertiary/aromatic N) is 4. The minimum absolute atomic E-state index is 0.320. The van der Waals surface area contributed by atoms with Crippen LogP contribution in [0.1, 0.15) is 5.82 Å². The molecule has 1 heterocycles. The van der Waals surface area contributed by atoms with Crippen LogP contribution in [0.3, 0.4) is 0 Å². The summed E-state index contributed by atoms with van der Waals surface area (Å²) < 4.78 is 4.77. The van der Waals surface area contributed by atoms with Gasteiger partial charge in [0, 0.05) is 13.7 Å². The molecule has 0 aliphatic heterocycles. The molecule has 1 aromatic heterocycles. The van der Waals surface area contributed by atoms with Gasteiger partial charge in [-0.2, -0.15) is 4.80 Å². The summed E-state index contributed by atoms with van der Waals surface area (Å²) in [6.07, 6.45) is -0.503. The number of rotatable bonds is 6. The maximum atomic E-state index is 9.28. The molecule has 7 nitrogen and oxygen atoms in total. The Balaban J connectivity index is 2.15. The first-order chi connectivity index (χ1) is 6.72. The zero-order valence-corrected chi connectivity index (χ0v) is 8.34. The summed E-state index contributed by atoms with van der Waals surface area (Å²) in [6.45, 7) is 1.27. The Morgan fingerprint density at radius 3 is 3.00 bits per heavy atom. The highest BCUT2D eigenvalue weighted by atomic mass is 16.5. The van der Waals surface area contributed by atoms with Gasteiger partial charge in [-0.05, 0) is 5.21 Å². The van der Waals surface area contributed by atoms with Crippen LogP contribution < -0.4 is 5.32 Å². The Morgan fingerprint density at radius 2 is 2.43 bits per heavy atom. The lowest BCUT2D eigenvalue weighted by atomic mass is 10.4. The number of tetrazole rings is 1. The van der Waals surface area contributed by atoms with Crippen LogP contribution in [0.5, 0.6) is 0 Å². The van der Waals surface area contributed by atoms with Gasteiger partial charge in [0.15, 0.2) is 5.82 Å². The number of aryl methyl sites for hydroxylation is 1. The van der Waals surface area contributed by atoms with Crippen molar-refractivity contribution in [2.75, 3.05) is 20.3 Å². The van der Waals surface area contributed by atoms with Crippen LogP contribution >= 0.6 is 0 Å². The first kappa shape index (κ1) is 11.0. The van der Waals surface area contributed by atoms with E-state index in [2.05, 4.69) is 20.7 Å². The SMILES string of the molecule is COCC(O)CNCc1nnn(C)n1. The van der Waals surface area contributed by atoms with Crippen molar-refractivity contribution in [3.05, 3.63) is 5.82 Å². The molecule has 1 unspecified atom stereocenters. The largest absolute Gasteiger partial charge is 0.389 e. The van der Waals surface area contributed by atoms with Crippen LogP contribution in [0.25, 0.3) is 0 Å². The van der Waals surface area contributed by atoms with Gasteiger partial charge in [-0.25, -0.2) is 0 Å². The Labute approximate surface area is 82.1 Å². The second-order valence-electron chi connectivity index (χ2n) is 2.94. The maximum Gasteiger partial charge on any atom is 0.188 e. The summed E-state index contributed by atoms with van der Waals surface area (Å²) >= 11 is 0. The van der Waals surface area contributed by atoms with E-state index in [1.165, 1.54) is 4.80 Å². The molecule has 1 rings (SSSR count). The smallest absolute Gasteiger partial charge is 0.188 e. The monoisotopic (exact) mass is 201 g/mol. The molecule has 1 aromatic rings. The summed E-state index contributed by atoms with van der Waals surface area (Å²) in [4.78, 5) is 1.39. The second kappa shape index (κ2) is 5.63. The number of aliphatic hydroxyl groups is 1. The van der Waals surface area contributed by atoms with E-state index in [0.717, 1.165) is 0 Å². The van der Waals surface area contributed by atoms with E-state index < -0.39 is 6.10 Å². The number of hydrogen-bond acceptors (Lipinski definition) is 6. The molecule has 0 saturated heterocycles. The Morgan fingerprint density at radius 1 is 1.64 bits per heavy atom. The van der Waals surface area contributed by atoms with Crippen molar-refractivity contribution < 1.29 is 9.84 Å². The zero-order valence-electron chi connectivity index (χ0n) is 8.34. The molecule has 0 fully saturated rings. The predicted molar refractivity (Wildman–Crippen MR) is 48.4 cm³/mol. The molecule has 2 N–H and O–H groups in total. The number of hydrogen-bond donors (Lipinski definition) is 2. The number of aliphatic hydroxyl groups excluding tert-OH is 1. The Kier molecular flexibility index (Phi) is 4.44. The molecule has 0 amide bonds. The van der Waals surface area contributed by atoms with Gasteiger partial charge in [-0.1, -0.05) is 0 Å². The molecule has 14 heavy (non-hydrogen) atoms. The van der Waals surface area contributed by atoms with Crippen LogP contribution in [0.4, 0.5) is 0 Å². The van der Waals surface area contributed by atoms with Crippen molar-refractivity contribution in [3.63, 3.8) is 0 Å². The molecular weight excluding hydrogens is 186 g/mol. The quantitative estimate of drug-likeness (QED) is 0.571. The van der Waals surface area contributed by atoms with Crippen LogP contribution in [0.2, 0.25) is 0 Å². The fourth-order valence-corrected chi connectivity index (χ4v) is 0.996. The van der Waals surface area contributed by atoms with Gasteiger partial charge in [-0.15, -0.1) is 10.2 Å². The number of methoxy groups -OCH3 is 1.